The van der Waals surface area contributed by atoms with Gasteiger partial charge in [0.2, 0.25) is 5.78 Å². The number of ether oxygens (including phenoxy) is 1. The van der Waals surface area contributed by atoms with Crippen molar-refractivity contribution in [1.82, 2.24) is 9.55 Å². The Hall–Kier alpha value is -2.15. The number of benzene rings is 1. The van der Waals surface area contributed by atoms with Crippen LogP contribution < -0.4 is 0 Å². The van der Waals surface area contributed by atoms with Gasteiger partial charge in [-0.15, -0.1) is 11.3 Å². The summed E-state index contributed by atoms with van der Waals surface area (Å²) < 4.78 is 6.45. The van der Waals surface area contributed by atoms with Gasteiger partial charge in [-0.2, -0.15) is 0 Å². The van der Waals surface area contributed by atoms with Gasteiger partial charge in [0.05, 0.1) is 18.7 Å². The first-order valence-electron chi connectivity index (χ1n) is 7.17. The molecule has 0 aliphatic carbocycles. The van der Waals surface area contributed by atoms with Crippen LogP contribution in [0.1, 0.15) is 31.4 Å². The quantitative estimate of drug-likeness (QED) is 0.477. The van der Waals surface area contributed by atoms with Crippen LogP contribution in [0.5, 0.6) is 0 Å². The van der Waals surface area contributed by atoms with Gasteiger partial charge in [0, 0.05) is 23.0 Å². The van der Waals surface area contributed by atoms with Gasteiger partial charge >= 0.3 is 5.97 Å². The van der Waals surface area contributed by atoms with E-state index >= 15 is 0 Å². The first-order chi connectivity index (χ1) is 12.0. The number of carbonyl (C=O) groups is 2. The Bertz CT molecular complexity index is 949. The summed E-state index contributed by atoms with van der Waals surface area (Å²) in [7, 11) is 1.33. The molecule has 0 spiro atoms. The summed E-state index contributed by atoms with van der Waals surface area (Å²) >= 11 is 13.3. The highest BCUT2D eigenvalue weighted by atomic mass is 35.5. The van der Waals surface area contributed by atoms with Crippen molar-refractivity contribution in [3.63, 3.8) is 0 Å². The molecule has 3 aromatic rings. The highest BCUT2D eigenvalue weighted by Gasteiger charge is 2.20. The molecule has 5 nitrogen and oxygen atoms in total. The van der Waals surface area contributed by atoms with Crippen LogP contribution in [0, 0.1) is 0 Å². The van der Waals surface area contributed by atoms with Gasteiger partial charge in [-0.3, -0.25) is 4.79 Å². The van der Waals surface area contributed by atoms with Crippen LogP contribution >= 0.6 is 34.5 Å². The molecule has 0 atom stereocenters. The number of rotatable bonds is 5. The lowest BCUT2D eigenvalue weighted by atomic mass is 10.1. The highest BCUT2D eigenvalue weighted by molar-refractivity contribution is 7.12. The molecule has 0 saturated carbocycles. The van der Waals surface area contributed by atoms with E-state index in [0.717, 1.165) is 5.56 Å². The first-order valence-corrected chi connectivity index (χ1v) is 8.80. The molecule has 0 fully saturated rings. The van der Waals surface area contributed by atoms with Crippen LogP contribution in [-0.4, -0.2) is 28.4 Å². The normalized spacial score (nSPS) is 10.7. The third-order valence-corrected chi connectivity index (χ3v) is 5.04. The number of halogens is 2. The molecule has 0 amide bonds. The SMILES string of the molecule is COC(=O)c1sccc1Cn1ccnc1C(=O)c1ccc(Cl)cc1Cl. The third kappa shape index (κ3) is 3.61. The fourth-order valence-corrected chi connectivity index (χ4v) is 3.68. The second kappa shape index (κ2) is 7.39. The lowest BCUT2D eigenvalue weighted by molar-refractivity contribution is 0.0605. The predicted molar refractivity (Wildman–Crippen MR) is 96.9 cm³/mol. The van der Waals surface area contributed by atoms with Crippen LogP contribution in [0.2, 0.25) is 10.0 Å². The zero-order valence-electron chi connectivity index (χ0n) is 13.0. The average Bonchev–Trinajstić information content (AvgIpc) is 3.23. The molecule has 25 heavy (non-hydrogen) atoms. The molecule has 128 valence electrons. The van der Waals surface area contributed by atoms with E-state index in [2.05, 4.69) is 4.98 Å². The Kier molecular flexibility index (Phi) is 5.22. The molecule has 0 unspecified atom stereocenters. The van der Waals surface area contributed by atoms with E-state index in [1.165, 1.54) is 30.7 Å². The largest absolute Gasteiger partial charge is 0.465 e. The minimum atomic E-state index is -0.404. The van der Waals surface area contributed by atoms with Crippen molar-refractivity contribution in [2.75, 3.05) is 7.11 Å². The van der Waals surface area contributed by atoms with Gasteiger partial charge in [0.15, 0.2) is 5.82 Å². The first kappa shape index (κ1) is 17.7. The molecular weight excluding hydrogens is 383 g/mol. The number of nitrogens with zero attached hydrogens (tertiary/aromatic N) is 2. The summed E-state index contributed by atoms with van der Waals surface area (Å²) in [6.45, 7) is 0.320. The highest BCUT2D eigenvalue weighted by Crippen LogP contribution is 2.24. The number of methoxy groups -OCH3 is 1. The van der Waals surface area contributed by atoms with Crippen molar-refractivity contribution in [1.29, 1.82) is 0 Å². The monoisotopic (exact) mass is 394 g/mol. The number of thiophene rings is 1. The summed E-state index contributed by atoms with van der Waals surface area (Å²) in [5.74, 6) is -0.494. The van der Waals surface area contributed by atoms with E-state index in [9.17, 15) is 9.59 Å². The summed E-state index contributed by atoms with van der Waals surface area (Å²) in [6.07, 6.45) is 3.21. The van der Waals surface area contributed by atoms with Crippen LogP contribution in [0.4, 0.5) is 0 Å². The number of aromatic nitrogens is 2. The minimum absolute atomic E-state index is 0.228. The molecular formula is C17H12Cl2N2O3S. The van der Waals surface area contributed by atoms with Gasteiger partial charge in [-0.25, -0.2) is 9.78 Å². The lowest BCUT2D eigenvalue weighted by Gasteiger charge is -2.09. The molecule has 0 N–H and O–H groups in total. The Morgan fingerprint density at radius 1 is 1.28 bits per heavy atom. The van der Waals surface area contributed by atoms with E-state index in [4.69, 9.17) is 27.9 Å². The molecule has 2 heterocycles. The summed E-state index contributed by atoms with van der Waals surface area (Å²) in [5, 5.41) is 2.51. The number of esters is 1. The molecule has 3 rings (SSSR count). The van der Waals surface area contributed by atoms with Crippen LogP contribution in [0.3, 0.4) is 0 Å². The fraction of sp³-hybridized carbons (Fsp3) is 0.118. The fourth-order valence-electron chi connectivity index (χ4n) is 2.36. The Morgan fingerprint density at radius 2 is 2.08 bits per heavy atom. The van der Waals surface area contributed by atoms with E-state index in [1.54, 1.807) is 28.3 Å². The number of hydrogen-bond donors (Lipinski definition) is 0. The van der Waals surface area contributed by atoms with Crippen molar-refractivity contribution >= 4 is 46.3 Å². The van der Waals surface area contributed by atoms with Gasteiger partial charge in [0.1, 0.15) is 4.88 Å². The van der Waals surface area contributed by atoms with E-state index in [-0.39, 0.29) is 16.6 Å². The third-order valence-electron chi connectivity index (χ3n) is 3.55. The van der Waals surface area contributed by atoms with E-state index in [1.807, 2.05) is 6.07 Å². The Balaban J connectivity index is 1.92. The maximum absolute atomic E-state index is 12.8. The maximum atomic E-state index is 12.8. The smallest absolute Gasteiger partial charge is 0.348 e. The van der Waals surface area contributed by atoms with Crippen molar-refractivity contribution in [2.24, 2.45) is 0 Å². The number of carbonyl (C=O) groups excluding carboxylic acids is 2. The van der Waals surface area contributed by atoms with Crippen molar-refractivity contribution in [3.05, 3.63) is 73.9 Å². The zero-order chi connectivity index (χ0) is 18.0. The van der Waals surface area contributed by atoms with Crippen LogP contribution in [0.25, 0.3) is 0 Å². The van der Waals surface area contributed by atoms with Gasteiger partial charge in [-0.1, -0.05) is 23.2 Å². The molecule has 8 heteroatoms. The topological polar surface area (TPSA) is 61.2 Å². The summed E-state index contributed by atoms with van der Waals surface area (Å²) in [4.78, 5) is 29.2. The Morgan fingerprint density at radius 3 is 2.80 bits per heavy atom. The predicted octanol–water partition coefficient (Wildman–Crippen LogP) is 4.32. The van der Waals surface area contributed by atoms with Crippen LogP contribution in [-0.2, 0) is 11.3 Å². The van der Waals surface area contributed by atoms with E-state index < -0.39 is 5.97 Å². The average molecular weight is 395 g/mol. The second-order valence-corrected chi connectivity index (χ2v) is 6.86. The molecule has 0 aliphatic rings. The number of imidazole rings is 1. The Labute approximate surface area is 157 Å². The van der Waals surface area contributed by atoms with Gasteiger partial charge < -0.3 is 9.30 Å². The summed E-state index contributed by atoms with van der Waals surface area (Å²) in [6, 6.07) is 6.50. The maximum Gasteiger partial charge on any atom is 0.348 e. The van der Waals surface area contributed by atoms with Gasteiger partial charge in [0.25, 0.3) is 0 Å². The summed E-state index contributed by atoms with van der Waals surface area (Å²) in [5.41, 5.74) is 1.07. The number of ketones is 1. The molecule has 0 radical (unpaired) electrons. The standard InChI is InChI=1S/C17H12Cl2N2O3S/c1-24-17(23)15-10(4-7-25-15)9-21-6-5-20-16(21)14(22)12-3-2-11(18)8-13(12)19/h2-8H,9H2,1H3. The molecule has 0 aliphatic heterocycles. The van der Waals surface area contributed by atoms with Gasteiger partial charge in [-0.05, 0) is 35.2 Å². The van der Waals surface area contributed by atoms with Crippen LogP contribution in [0.15, 0.2) is 42.0 Å². The molecule has 0 saturated heterocycles. The van der Waals surface area contributed by atoms with Crippen molar-refractivity contribution < 1.29 is 14.3 Å². The molecule has 2 aromatic heterocycles. The second-order valence-electron chi connectivity index (χ2n) is 5.10. The molecule has 0 bridgehead atoms. The zero-order valence-corrected chi connectivity index (χ0v) is 15.4. The van der Waals surface area contributed by atoms with Crippen molar-refractivity contribution in [3.8, 4) is 0 Å². The molecule has 1 aromatic carbocycles. The lowest BCUT2D eigenvalue weighted by Crippen LogP contribution is -2.13. The number of hydrogen-bond acceptors (Lipinski definition) is 5. The minimum Gasteiger partial charge on any atom is -0.465 e. The van der Waals surface area contributed by atoms with Crippen molar-refractivity contribution in [2.45, 2.75) is 6.54 Å². The van der Waals surface area contributed by atoms with E-state index in [0.29, 0.717) is 22.0 Å².